The molecule has 308 valence electrons. The fourth-order valence-corrected chi connectivity index (χ4v) is 6.54. The number of allylic oxidation sites excluding steroid dienone is 9. The molecule has 3 atom stereocenters. The van der Waals surface area contributed by atoms with E-state index in [0.717, 1.165) is 64.2 Å². The zero-order valence-electron chi connectivity index (χ0n) is 34.0. The largest absolute Gasteiger partial charge is 0.472 e. The molecule has 8 nitrogen and oxygen atoms in total. The summed E-state index contributed by atoms with van der Waals surface area (Å²) in [7, 11) is -4.35. The Morgan fingerprint density at radius 3 is 1.60 bits per heavy atom. The Morgan fingerprint density at radius 1 is 0.623 bits per heavy atom. The van der Waals surface area contributed by atoms with Gasteiger partial charge in [0.05, 0.1) is 25.4 Å². The Kier molecular flexibility index (Phi) is 38.5. The first-order chi connectivity index (χ1) is 25.9. The van der Waals surface area contributed by atoms with E-state index >= 15 is 0 Å². The summed E-state index contributed by atoms with van der Waals surface area (Å²) in [6, 6.07) is -0.889. The lowest BCUT2D eigenvalue weighted by atomic mass is 10.1. The second-order valence-electron chi connectivity index (χ2n) is 14.2. The third-order valence-corrected chi connectivity index (χ3v) is 10.0. The molecule has 0 aliphatic heterocycles. The van der Waals surface area contributed by atoms with Crippen molar-refractivity contribution >= 4 is 13.7 Å². The van der Waals surface area contributed by atoms with Gasteiger partial charge in [0.15, 0.2) is 0 Å². The number of phosphoric acid groups is 1. The first kappa shape index (κ1) is 51.2. The molecule has 0 spiro atoms. The number of aliphatic hydroxyl groups is 1. The number of carbonyl (C=O) groups excluding carboxylic acids is 1. The van der Waals surface area contributed by atoms with E-state index in [9.17, 15) is 19.4 Å². The molecule has 5 N–H and O–H groups in total. The van der Waals surface area contributed by atoms with Gasteiger partial charge in [-0.05, 0) is 77.0 Å². The molecule has 0 aromatic carbocycles. The minimum Gasteiger partial charge on any atom is -0.387 e. The molecule has 0 bridgehead atoms. The lowest BCUT2D eigenvalue weighted by molar-refractivity contribution is -0.123. The van der Waals surface area contributed by atoms with Gasteiger partial charge in [-0.1, -0.05) is 158 Å². The number of aliphatic hydroxyl groups excluding tert-OH is 1. The van der Waals surface area contributed by atoms with Crippen LogP contribution in [0.5, 0.6) is 0 Å². The van der Waals surface area contributed by atoms with Gasteiger partial charge in [-0.2, -0.15) is 0 Å². The molecule has 0 radical (unpaired) electrons. The van der Waals surface area contributed by atoms with Crippen molar-refractivity contribution in [2.45, 2.75) is 193 Å². The van der Waals surface area contributed by atoms with Gasteiger partial charge >= 0.3 is 7.82 Å². The van der Waals surface area contributed by atoms with Crippen LogP contribution in [0.1, 0.15) is 181 Å². The van der Waals surface area contributed by atoms with E-state index in [1.807, 2.05) is 6.08 Å². The molecule has 0 fully saturated rings. The average molecular weight is 765 g/mol. The monoisotopic (exact) mass is 765 g/mol. The van der Waals surface area contributed by atoms with Gasteiger partial charge in [-0.3, -0.25) is 13.8 Å². The highest BCUT2D eigenvalue weighted by molar-refractivity contribution is 7.47. The molecule has 0 rings (SSSR count). The van der Waals surface area contributed by atoms with Crippen LogP contribution in [0.4, 0.5) is 0 Å². The lowest BCUT2D eigenvalue weighted by Crippen LogP contribution is -2.45. The first-order valence-corrected chi connectivity index (χ1v) is 22.9. The maximum Gasteiger partial charge on any atom is 0.472 e. The SMILES string of the molecule is CCCCC/C=C\C/C=C\CCCCCCCCCC(=O)NC(COP(=O)(O)OCCN)C(O)/C=C/CC/C=C/CC/C=C/CCCCCCCCC. The van der Waals surface area contributed by atoms with Gasteiger partial charge in [-0.25, -0.2) is 4.57 Å². The van der Waals surface area contributed by atoms with Crippen LogP contribution in [0, 0.1) is 0 Å². The number of hydrogen-bond acceptors (Lipinski definition) is 6. The van der Waals surface area contributed by atoms with Gasteiger partial charge in [0.25, 0.3) is 0 Å². The Bertz CT molecular complexity index is 1010. The molecule has 53 heavy (non-hydrogen) atoms. The summed E-state index contributed by atoms with van der Waals surface area (Å²) in [5.41, 5.74) is 5.37. The summed E-state index contributed by atoms with van der Waals surface area (Å²) in [5, 5.41) is 13.6. The van der Waals surface area contributed by atoms with Crippen molar-refractivity contribution in [3.8, 4) is 0 Å². The molecule has 0 aliphatic carbocycles. The van der Waals surface area contributed by atoms with Gasteiger partial charge in [0, 0.05) is 13.0 Å². The minimum atomic E-state index is -4.35. The number of unbranched alkanes of at least 4 members (excludes halogenated alkanes) is 19. The standard InChI is InChI=1S/C44H81N2O6P/c1-3-5-7-9-11-13-15-17-19-21-23-25-27-29-31-33-35-37-43(47)42(41-52-53(49,50)51-40-39-45)46-44(48)38-36-34-32-30-28-26-24-22-20-18-16-14-12-10-8-6-4-2/h12,14,18-21,27,29,35,37,42-43,47H,3-11,13,15-17,22-26,28,30-34,36,38-41,45H2,1-2H3,(H,46,48)(H,49,50)/b14-12-,20-18-,21-19+,29-27+,37-35+. The summed E-state index contributed by atoms with van der Waals surface area (Å²) < 4.78 is 22.1. The van der Waals surface area contributed by atoms with Crippen LogP contribution in [-0.4, -0.2) is 47.8 Å². The number of rotatable bonds is 39. The number of phosphoric ester groups is 1. The van der Waals surface area contributed by atoms with Crippen molar-refractivity contribution in [3.63, 3.8) is 0 Å². The zero-order chi connectivity index (χ0) is 38.9. The maximum atomic E-state index is 12.7. The van der Waals surface area contributed by atoms with Crippen LogP contribution in [0.2, 0.25) is 0 Å². The summed E-state index contributed by atoms with van der Waals surface area (Å²) in [6.07, 6.45) is 49.8. The maximum absolute atomic E-state index is 12.7. The average Bonchev–Trinajstić information content (AvgIpc) is 3.14. The highest BCUT2D eigenvalue weighted by Gasteiger charge is 2.26. The highest BCUT2D eigenvalue weighted by Crippen LogP contribution is 2.43. The van der Waals surface area contributed by atoms with Crippen LogP contribution >= 0.6 is 7.82 Å². The normalized spacial score (nSPS) is 14.7. The Morgan fingerprint density at radius 2 is 1.06 bits per heavy atom. The topological polar surface area (TPSA) is 131 Å². The van der Waals surface area contributed by atoms with E-state index in [2.05, 4.69) is 67.8 Å². The van der Waals surface area contributed by atoms with Gasteiger partial charge in [0.1, 0.15) is 0 Å². The van der Waals surface area contributed by atoms with Crippen molar-refractivity contribution < 1.29 is 28.4 Å². The summed E-state index contributed by atoms with van der Waals surface area (Å²) in [6.45, 7) is 4.06. The lowest BCUT2D eigenvalue weighted by Gasteiger charge is -2.23. The predicted molar refractivity (Wildman–Crippen MR) is 226 cm³/mol. The molecule has 0 aromatic rings. The molecular formula is C44H81N2O6P. The highest BCUT2D eigenvalue weighted by atomic mass is 31.2. The van der Waals surface area contributed by atoms with E-state index in [0.29, 0.717) is 6.42 Å². The molecular weight excluding hydrogens is 683 g/mol. The van der Waals surface area contributed by atoms with E-state index in [4.69, 9.17) is 14.8 Å². The first-order valence-electron chi connectivity index (χ1n) is 21.4. The van der Waals surface area contributed by atoms with Crippen molar-refractivity contribution in [1.82, 2.24) is 5.32 Å². The van der Waals surface area contributed by atoms with E-state index in [1.54, 1.807) is 6.08 Å². The smallest absolute Gasteiger partial charge is 0.387 e. The van der Waals surface area contributed by atoms with Gasteiger partial charge in [-0.15, -0.1) is 0 Å². The molecule has 9 heteroatoms. The zero-order valence-corrected chi connectivity index (χ0v) is 34.9. The van der Waals surface area contributed by atoms with Crippen molar-refractivity contribution in [1.29, 1.82) is 0 Å². The molecule has 3 unspecified atom stereocenters. The molecule has 0 saturated heterocycles. The number of nitrogens with two attached hydrogens (primary N) is 1. The van der Waals surface area contributed by atoms with E-state index in [-0.39, 0.29) is 25.7 Å². The Labute approximate surface area is 325 Å². The summed E-state index contributed by atoms with van der Waals surface area (Å²) in [4.78, 5) is 22.7. The van der Waals surface area contributed by atoms with E-state index < -0.39 is 20.0 Å². The van der Waals surface area contributed by atoms with Gasteiger partial charge < -0.3 is 21.1 Å². The number of carbonyl (C=O) groups is 1. The van der Waals surface area contributed by atoms with Crippen LogP contribution < -0.4 is 11.1 Å². The van der Waals surface area contributed by atoms with Crippen molar-refractivity contribution in [2.24, 2.45) is 5.73 Å². The van der Waals surface area contributed by atoms with Crippen LogP contribution in [0.3, 0.4) is 0 Å². The number of amides is 1. The Hall–Kier alpha value is -1.80. The van der Waals surface area contributed by atoms with Crippen LogP contribution in [0.25, 0.3) is 0 Å². The third kappa shape index (κ3) is 38.3. The summed E-state index contributed by atoms with van der Waals surface area (Å²) in [5.74, 6) is -0.219. The molecule has 0 aliphatic rings. The van der Waals surface area contributed by atoms with Crippen LogP contribution in [-0.2, 0) is 18.4 Å². The van der Waals surface area contributed by atoms with Crippen LogP contribution in [0.15, 0.2) is 60.8 Å². The number of nitrogens with one attached hydrogen (secondary N) is 1. The summed E-state index contributed by atoms with van der Waals surface area (Å²) >= 11 is 0. The second-order valence-corrected chi connectivity index (χ2v) is 15.6. The number of hydrogen-bond donors (Lipinski definition) is 4. The van der Waals surface area contributed by atoms with Crippen molar-refractivity contribution in [2.75, 3.05) is 19.8 Å². The quantitative estimate of drug-likeness (QED) is 0.0278. The van der Waals surface area contributed by atoms with Gasteiger partial charge in [0.2, 0.25) is 5.91 Å². The minimum absolute atomic E-state index is 0.0681. The fraction of sp³-hybridized carbons (Fsp3) is 0.750. The molecule has 0 saturated carbocycles. The second kappa shape index (κ2) is 39.9. The molecule has 0 heterocycles. The predicted octanol–water partition coefficient (Wildman–Crippen LogP) is 11.9. The van der Waals surface area contributed by atoms with Crippen molar-refractivity contribution in [3.05, 3.63) is 60.8 Å². The molecule has 0 aromatic heterocycles. The van der Waals surface area contributed by atoms with E-state index in [1.165, 1.54) is 96.3 Å². The Balaban J connectivity index is 4.34. The molecule has 1 amide bonds. The third-order valence-electron chi connectivity index (χ3n) is 9.04. The fourth-order valence-electron chi connectivity index (χ4n) is 5.78.